The first-order chi connectivity index (χ1) is 8.33. The Hall–Kier alpha value is -1.20. The molecular formula is C12H20N4O. The maximum atomic E-state index is 5.62. The summed E-state index contributed by atoms with van der Waals surface area (Å²) >= 11 is 0. The molecule has 0 aliphatic carbocycles. The van der Waals surface area contributed by atoms with Crippen molar-refractivity contribution in [2.24, 2.45) is 5.73 Å². The third-order valence-corrected chi connectivity index (χ3v) is 3.08. The number of nitrogens with two attached hydrogens (primary N) is 1. The van der Waals surface area contributed by atoms with E-state index in [1.54, 1.807) is 0 Å². The second kappa shape index (κ2) is 5.93. The van der Waals surface area contributed by atoms with Crippen LogP contribution in [0.5, 0.6) is 0 Å². The summed E-state index contributed by atoms with van der Waals surface area (Å²) in [6.07, 6.45) is 2.54. The Kier molecular flexibility index (Phi) is 4.28. The molecule has 0 aromatic carbocycles. The minimum Gasteiger partial charge on any atom is -0.378 e. The number of aromatic nitrogens is 2. The normalized spacial score (nSPS) is 17.4. The van der Waals surface area contributed by atoms with E-state index in [0.717, 1.165) is 44.0 Å². The second-order valence-corrected chi connectivity index (χ2v) is 4.23. The number of ether oxygens (including phenoxy) is 1. The molecule has 5 heteroatoms. The van der Waals surface area contributed by atoms with Crippen LogP contribution in [0.25, 0.3) is 0 Å². The average molecular weight is 236 g/mol. The van der Waals surface area contributed by atoms with Crippen molar-refractivity contribution in [3.8, 4) is 0 Å². The van der Waals surface area contributed by atoms with Gasteiger partial charge in [-0.3, -0.25) is 0 Å². The molecule has 1 aliphatic rings. The van der Waals surface area contributed by atoms with Gasteiger partial charge in [-0.2, -0.15) is 5.10 Å². The van der Waals surface area contributed by atoms with Crippen molar-refractivity contribution in [2.45, 2.75) is 32.4 Å². The third kappa shape index (κ3) is 3.14. The average Bonchev–Trinajstić information content (AvgIpc) is 2.40. The van der Waals surface area contributed by atoms with Crippen molar-refractivity contribution >= 4 is 5.82 Å². The fraction of sp³-hybridized carbons (Fsp3) is 0.667. The Labute approximate surface area is 102 Å². The van der Waals surface area contributed by atoms with Crippen molar-refractivity contribution in [3.63, 3.8) is 0 Å². The smallest absolute Gasteiger partial charge is 0.151 e. The van der Waals surface area contributed by atoms with Gasteiger partial charge in [-0.1, -0.05) is 0 Å². The lowest BCUT2D eigenvalue weighted by Crippen LogP contribution is -2.37. The van der Waals surface area contributed by atoms with Crippen LogP contribution in [0.4, 0.5) is 5.82 Å². The minimum atomic E-state index is 0.410. The van der Waals surface area contributed by atoms with Crippen molar-refractivity contribution in [3.05, 3.63) is 17.8 Å². The van der Waals surface area contributed by atoms with Gasteiger partial charge in [0.25, 0.3) is 0 Å². The molecule has 1 aliphatic heterocycles. The monoisotopic (exact) mass is 236 g/mol. The number of rotatable bonds is 4. The van der Waals surface area contributed by atoms with Crippen molar-refractivity contribution in [2.75, 3.05) is 24.6 Å². The van der Waals surface area contributed by atoms with E-state index >= 15 is 0 Å². The Bertz CT molecular complexity index is 333. The van der Waals surface area contributed by atoms with Crippen LogP contribution < -0.4 is 10.6 Å². The van der Waals surface area contributed by atoms with E-state index in [-0.39, 0.29) is 0 Å². The predicted molar refractivity (Wildman–Crippen MR) is 66.8 cm³/mol. The lowest BCUT2D eigenvalue weighted by molar-refractivity contribution is 0.0458. The molecule has 0 saturated carbocycles. The van der Waals surface area contributed by atoms with Crippen LogP contribution in [-0.4, -0.2) is 36.0 Å². The highest BCUT2D eigenvalue weighted by Crippen LogP contribution is 2.18. The second-order valence-electron chi connectivity index (χ2n) is 4.23. The molecule has 1 saturated heterocycles. The number of hydrogen-bond donors (Lipinski definition) is 1. The van der Waals surface area contributed by atoms with Crippen LogP contribution in [0, 0.1) is 0 Å². The first kappa shape index (κ1) is 12.3. The van der Waals surface area contributed by atoms with E-state index in [2.05, 4.69) is 15.1 Å². The molecule has 0 bridgehead atoms. The molecule has 5 nitrogen and oxygen atoms in total. The molecule has 0 radical (unpaired) electrons. The standard InChI is InChI=1S/C12H20N4O/c1-2-17-11-5-7-16(8-6-11)12-4-3-10(9-13)14-15-12/h3-4,11H,2,5-9,13H2,1H3. The molecule has 0 unspecified atom stereocenters. The highest BCUT2D eigenvalue weighted by molar-refractivity contribution is 5.37. The van der Waals surface area contributed by atoms with E-state index in [4.69, 9.17) is 10.5 Å². The maximum absolute atomic E-state index is 5.62. The van der Waals surface area contributed by atoms with Crippen LogP contribution in [0.1, 0.15) is 25.5 Å². The molecule has 1 fully saturated rings. The van der Waals surface area contributed by atoms with Gasteiger partial charge in [0.1, 0.15) is 0 Å². The zero-order chi connectivity index (χ0) is 12.1. The highest BCUT2D eigenvalue weighted by Gasteiger charge is 2.20. The molecule has 1 aromatic rings. The summed E-state index contributed by atoms with van der Waals surface area (Å²) in [4.78, 5) is 2.25. The third-order valence-electron chi connectivity index (χ3n) is 3.08. The van der Waals surface area contributed by atoms with Crippen molar-refractivity contribution < 1.29 is 4.74 Å². The van der Waals surface area contributed by atoms with Gasteiger partial charge in [-0.05, 0) is 31.9 Å². The van der Waals surface area contributed by atoms with Crippen molar-refractivity contribution in [1.82, 2.24) is 10.2 Å². The summed E-state index contributed by atoms with van der Waals surface area (Å²) in [5.41, 5.74) is 6.33. The molecule has 2 heterocycles. The fourth-order valence-corrected chi connectivity index (χ4v) is 2.12. The SMILES string of the molecule is CCOC1CCN(c2ccc(CN)nn2)CC1. The lowest BCUT2D eigenvalue weighted by atomic mass is 10.1. The van der Waals surface area contributed by atoms with Gasteiger partial charge in [0, 0.05) is 26.2 Å². The zero-order valence-corrected chi connectivity index (χ0v) is 10.3. The van der Waals surface area contributed by atoms with Crippen LogP contribution in [0.15, 0.2) is 12.1 Å². The molecule has 17 heavy (non-hydrogen) atoms. The molecule has 94 valence electrons. The Morgan fingerprint density at radius 3 is 2.65 bits per heavy atom. The number of anilines is 1. The van der Waals surface area contributed by atoms with Gasteiger partial charge in [-0.15, -0.1) is 5.10 Å². The summed E-state index contributed by atoms with van der Waals surface area (Å²) in [7, 11) is 0. The Morgan fingerprint density at radius 1 is 1.35 bits per heavy atom. The van der Waals surface area contributed by atoms with Gasteiger partial charge in [-0.25, -0.2) is 0 Å². The topological polar surface area (TPSA) is 64.3 Å². The predicted octanol–water partition coefficient (Wildman–Crippen LogP) is 0.941. The fourth-order valence-electron chi connectivity index (χ4n) is 2.12. The molecular weight excluding hydrogens is 216 g/mol. The van der Waals surface area contributed by atoms with Crippen molar-refractivity contribution in [1.29, 1.82) is 0 Å². The van der Waals surface area contributed by atoms with Gasteiger partial charge in [0.2, 0.25) is 0 Å². The number of piperidine rings is 1. The summed E-state index contributed by atoms with van der Waals surface area (Å²) < 4.78 is 5.62. The maximum Gasteiger partial charge on any atom is 0.151 e. The van der Waals surface area contributed by atoms with Gasteiger partial charge in [0.05, 0.1) is 11.8 Å². The summed E-state index contributed by atoms with van der Waals surface area (Å²) in [6.45, 7) is 5.27. The summed E-state index contributed by atoms with van der Waals surface area (Å²) in [5.74, 6) is 0.942. The van der Waals surface area contributed by atoms with E-state index in [1.165, 1.54) is 0 Å². The Morgan fingerprint density at radius 2 is 2.12 bits per heavy atom. The quantitative estimate of drug-likeness (QED) is 0.843. The first-order valence-electron chi connectivity index (χ1n) is 6.22. The number of hydrogen-bond acceptors (Lipinski definition) is 5. The Balaban J connectivity index is 1.91. The van der Waals surface area contributed by atoms with E-state index in [9.17, 15) is 0 Å². The summed E-state index contributed by atoms with van der Waals surface area (Å²) in [6, 6.07) is 3.94. The van der Waals surface area contributed by atoms with Crippen LogP contribution in [0.3, 0.4) is 0 Å². The van der Waals surface area contributed by atoms with Gasteiger partial charge < -0.3 is 15.4 Å². The van der Waals surface area contributed by atoms with Crippen LogP contribution in [-0.2, 0) is 11.3 Å². The van der Waals surface area contributed by atoms with Crippen LogP contribution in [0.2, 0.25) is 0 Å². The van der Waals surface area contributed by atoms with Gasteiger partial charge in [0.15, 0.2) is 5.82 Å². The minimum absolute atomic E-state index is 0.410. The van der Waals surface area contributed by atoms with E-state index < -0.39 is 0 Å². The largest absolute Gasteiger partial charge is 0.378 e. The molecule has 0 amide bonds. The summed E-state index contributed by atoms with van der Waals surface area (Å²) in [5, 5.41) is 8.28. The first-order valence-corrected chi connectivity index (χ1v) is 6.22. The molecule has 2 rings (SSSR count). The van der Waals surface area contributed by atoms with Crippen LogP contribution >= 0.6 is 0 Å². The molecule has 0 atom stereocenters. The van der Waals surface area contributed by atoms with Gasteiger partial charge >= 0.3 is 0 Å². The van der Waals surface area contributed by atoms with E-state index in [1.807, 2.05) is 19.1 Å². The van der Waals surface area contributed by atoms with E-state index in [0.29, 0.717) is 12.6 Å². The zero-order valence-electron chi connectivity index (χ0n) is 10.3. The lowest BCUT2D eigenvalue weighted by Gasteiger charge is -2.32. The molecule has 0 spiro atoms. The molecule has 2 N–H and O–H groups in total. The number of nitrogens with zero attached hydrogens (tertiary/aromatic N) is 3. The highest BCUT2D eigenvalue weighted by atomic mass is 16.5. The molecule has 1 aromatic heterocycles.